The van der Waals surface area contributed by atoms with Crippen molar-refractivity contribution in [3.05, 3.63) is 22.8 Å². The second-order valence-corrected chi connectivity index (χ2v) is 5.66. The Morgan fingerprint density at radius 2 is 2.27 bits per heavy atom. The number of halogens is 1. The normalized spacial score (nSPS) is 18.2. The molecule has 1 aromatic heterocycles. The topological polar surface area (TPSA) is 74.3 Å². The van der Waals surface area contributed by atoms with Crippen molar-refractivity contribution >= 4 is 29.4 Å². The smallest absolute Gasteiger partial charge is 0.321 e. The largest absolute Gasteiger partial charge is 0.341 e. The molecule has 1 fully saturated rings. The van der Waals surface area contributed by atoms with E-state index in [-0.39, 0.29) is 5.91 Å². The van der Waals surface area contributed by atoms with Crippen molar-refractivity contribution in [2.75, 3.05) is 18.4 Å². The van der Waals surface area contributed by atoms with Gasteiger partial charge in [0.2, 0.25) is 5.91 Å². The Morgan fingerprint density at radius 3 is 2.95 bits per heavy atom. The highest BCUT2D eigenvalue weighted by molar-refractivity contribution is 6.30. The Bertz CT molecular complexity index is 564. The van der Waals surface area contributed by atoms with E-state index in [0.29, 0.717) is 30.2 Å². The van der Waals surface area contributed by atoms with Crippen molar-refractivity contribution in [3.8, 4) is 0 Å². The van der Waals surface area contributed by atoms with Crippen LogP contribution in [-0.4, -0.2) is 41.0 Å². The monoisotopic (exact) mass is 324 g/mol. The number of nitrogens with one attached hydrogen (secondary N) is 2. The number of urea groups is 1. The van der Waals surface area contributed by atoms with Gasteiger partial charge in [-0.15, -0.1) is 0 Å². The molecule has 1 unspecified atom stereocenters. The summed E-state index contributed by atoms with van der Waals surface area (Å²) in [4.78, 5) is 30.2. The van der Waals surface area contributed by atoms with Crippen LogP contribution in [0.4, 0.5) is 10.6 Å². The Labute approximate surface area is 135 Å². The van der Waals surface area contributed by atoms with Gasteiger partial charge >= 0.3 is 6.03 Å². The first kappa shape index (κ1) is 16.5. The number of aromatic nitrogens is 1. The SMILES string of the molecule is CCc1cc(Cl)cnc1NC(=O)NC1CCCN(CC)C1=O. The molecule has 0 aliphatic carbocycles. The highest BCUT2D eigenvalue weighted by atomic mass is 35.5. The van der Waals surface area contributed by atoms with E-state index < -0.39 is 12.1 Å². The molecular weight excluding hydrogens is 304 g/mol. The number of hydrogen-bond donors (Lipinski definition) is 2. The number of likely N-dealkylation sites (tertiary alicyclic amines) is 1. The van der Waals surface area contributed by atoms with Crippen LogP contribution >= 0.6 is 11.6 Å². The predicted octanol–water partition coefficient (Wildman–Crippen LogP) is 2.43. The van der Waals surface area contributed by atoms with Crippen LogP contribution in [0.5, 0.6) is 0 Å². The van der Waals surface area contributed by atoms with E-state index in [2.05, 4.69) is 15.6 Å². The zero-order valence-electron chi connectivity index (χ0n) is 12.9. The lowest BCUT2D eigenvalue weighted by Gasteiger charge is -2.31. The standard InChI is InChI=1S/C15H21ClN4O2/c1-3-10-8-11(16)9-17-13(10)19-15(22)18-12-6-5-7-20(4-2)14(12)21/h8-9,12H,3-7H2,1-2H3,(H2,17,18,19,22). The first-order valence-electron chi connectivity index (χ1n) is 7.55. The third-order valence-corrected chi connectivity index (χ3v) is 3.97. The van der Waals surface area contributed by atoms with Gasteiger partial charge in [-0.1, -0.05) is 18.5 Å². The van der Waals surface area contributed by atoms with Crippen molar-refractivity contribution in [2.45, 2.75) is 39.2 Å². The fourth-order valence-corrected chi connectivity index (χ4v) is 2.73. The number of anilines is 1. The molecule has 22 heavy (non-hydrogen) atoms. The fourth-order valence-electron chi connectivity index (χ4n) is 2.55. The number of piperidine rings is 1. The van der Waals surface area contributed by atoms with E-state index in [0.717, 1.165) is 18.5 Å². The minimum absolute atomic E-state index is 0.0244. The number of nitrogens with zero attached hydrogens (tertiary/aromatic N) is 2. The van der Waals surface area contributed by atoms with E-state index >= 15 is 0 Å². The van der Waals surface area contributed by atoms with Crippen molar-refractivity contribution < 1.29 is 9.59 Å². The van der Waals surface area contributed by atoms with Gasteiger partial charge < -0.3 is 10.2 Å². The molecular formula is C15H21ClN4O2. The highest BCUT2D eigenvalue weighted by Crippen LogP contribution is 2.18. The van der Waals surface area contributed by atoms with Gasteiger partial charge in [0.05, 0.1) is 5.02 Å². The molecule has 0 saturated carbocycles. The molecule has 6 nitrogen and oxygen atoms in total. The maximum Gasteiger partial charge on any atom is 0.321 e. The van der Waals surface area contributed by atoms with Crippen LogP contribution in [-0.2, 0) is 11.2 Å². The lowest BCUT2D eigenvalue weighted by Crippen LogP contribution is -2.53. The number of carbonyl (C=O) groups is 2. The number of amides is 3. The van der Waals surface area contributed by atoms with Gasteiger partial charge in [0, 0.05) is 19.3 Å². The molecule has 0 spiro atoms. The summed E-state index contributed by atoms with van der Waals surface area (Å²) in [5, 5.41) is 5.96. The van der Waals surface area contributed by atoms with Crippen LogP contribution in [0.1, 0.15) is 32.3 Å². The number of carbonyl (C=O) groups excluding carboxylic acids is 2. The zero-order valence-corrected chi connectivity index (χ0v) is 13.6. The number of aryl methyl sites for hydroxylation is 1. The zero-order chi connectivity index (χ0) is 16.1. The molecule has 3 amide bonds. The van der Waals surface area contributed by atoms with Gasteiger partial charge in [0.15, 0.2) is 0 Å². The van der Waals surface area contributed by atoms with Crippen LogP contribution < -0.4 is 10.6 Å². The minimum Gasteiger partial charge on any atom is -0.341 e. The van der Waals surface area contributed by atoms with Crippen LogP contribution in [0.2, 0.25) is 5.02 Å². The first-order valence-corrected chi connectivity index (χ1v) is 7.93. The number of pyridine rings is 1. The van der Waals surface area contributed by atoms with Gasteiger partial charge in [-0.25, -0.2) is 9.78 Å². The summed E-state index contributed by atoms with van der Waals surface area (Å²) >= 11 is 5.90. The summed E-state index contributed by atoms with van der Waals surface area (Å²) in [6.45, 7) is 5.32. The van der Waals surface area contributed by atoms with Crippen molar-refractivity contribution in [2.24, 2.45) is 0 Å². The number of likely N-dealkylation sites (N-methyl/N-ethyl adjacent to an activating group) is 1. The van der Waals surface area contributed by atoms with Crippen molar-refractivity contribution in [1.82, 2.24) is 15.2 Å². The van der Waals surface area contributed by atoms with E-state index in [4.69, 9.17) is 11.6 Å². The summed E-state index contributed by atoms with van der Waals surface area (Å²) in [5.74, 6) is 0.448. The molecule has 2 N–H and O–H groups in total. The summed E-state index contributed by atoms with van der Waals surface area (Å²) in [6.07, 6.45) is 3.75. The van der Waals surface area contributed by atoms with Crippen molar-refractivity contribution in [3.63, 3.8) is 0 Å². The van der Waals surface area contributed by atoms with Crippen LogP contribution in [0.3, 0.4) is 0 Å². The Kier molecular flexibility index (Phi) is 5.60. The second kappa shape index (κ2) is 7.45. The summed E-state index contributed by atoms with van der Waals surface area (Å²) in [6, 6.07) is 0.890. The van der Waals surface area contributed by atoms with Crippen molar-refractivity contribution in [1.29, 1.82) is 0 Å². The van der Waals surface area contributed by atoms with Gasteiger partial charge in [0.25, 0.3) is 0 Å². The van der Waals surface area contributed by atoms with E-state index in [9.17, 15) is 9.59 Å². The maximum atomic E-state index is 12.2. The van der Waals surface area contributed by atoms with Gasteiger partial charge in [0.1, 0.15) is 11.9 Å². The summed E-state index contributed by atoms with van der Waals surface area (Å²) in [5.41, 5.74) is 0.854. The lowest BCUT2D eigenvalue weighted by molar-refractivity contribution is -0.135. The van der Waals surface area contributed by atoms with E-state index in [1.54, 1.807) is 11.0 Å². The third-order valence-electron chi connectivity index (χ3n) is 3.76. The fraction of sp³-hybridized carbons (Fsp3) is 0.533. The number of rotatable bonds is 4. The lowest BCUT2D eigenvalue weighted by atomic mass is 10.1. The molecule has 120 valence electrons. The quantitative estimate of drug-likeness (QED) is 0.893. The average molecular weight is 325 g/mol. The maximum absolute atomic E-state index is 12.2. The van der Waals surface area contributed by atoms with Crippen LogP contribution in [0.25, 0.3) is 0 Å². The molecule has 0 radical (unpaired) electrons. The number of hydrogen-bond acceptors (Lipinski definition) is 3. The Balaban J connectivity index is 2.00. The Morgan fingerprint density at radius 1 is 1.50 bits per heavy atom. The molecule has 2 rings (SSSR count). The molecule has 1 atom stereocenters. The molecule has 1 aliphatic heterocycles. The predicted molar refractivity (Wildman–Crippen MR) is 86.1 cm³/mol. The second-order valence-electron chi connectivity index (χ2n) is 5.23. The van der Waals surface area contributed by atoms with Gasteiger partial charge in [-0.05, 0) is 37.8 Å². The third kappa shape index (κ3) is 3.88. The average Bonchev–Trinajstić information content (AvgIpc) is 2.51. The Hall–Kier alpha value is -1.82. The molecule has 1 aromatic rings. The van der Waals surface area contributed by atoms with Gasteiger partial charge in [-0.3, -0.25) is 10.1 Å². The summed E-state index contributed by atoms with van der Waals surface area (Å²) in [7, 11) is 0. The van der Waals surface area contributed by atoms with Crippen LogP contribution in [0.15, 0.2) is 12.3 Å². The molecule has 1 saturated heterocycles. The molecule has 7 heteroatoms. The molecule has 0 bridgehead atoms. The van der Waals surface area contributed by atoms with Crippen LogP contribution in [0, 0.1) is 0 Å². The highest BCUT2D eigenvalue weighted by Gasteiger charge is 2.29. The molecule has 1 aliphatic rings. The molecule has 0 aromatic carbocycles. The van der Waals surface area contributed by atoms with E-state index in [1.807, 2.05) is 13.8 Å². The van der Waals surface area contributed by atoms with Gasteiger partial charge in [-0.2, -0.15) is 0 Å². The minimum atomic E-state index is -0.467. The first-order chi connectivity index (χ1) is 10.5. The summed E-state index contributed by atoms with van der Waals surface area (Å²) < 4.78 is 0. The van der Waals surface area contributed by atoms with E-state index in [1.165, 1.54) is 6.20 Å². The molecule has 2 heterocycles.